The molecule has 3 rings (SSSR count). The molecular formula is C20H17F3N4O3. The van der Waals surface area contributed by atoms with Crippen molar-refractivity contribution in [2.45, 2.75) is 19.3 Å². The number of carbonyl (C=O) groups is 1. The van der Waals surface area contributed by atoms with Gasteiger partial charge in [0.1, 0.15) is 5.69 Å². The Kier molecular flexibility index (Phi) is 6.05. The summed E-state index contributed by atoms with van der Waals surface area (Å²) in [6.45, 7) is 0.348. The molecule has 10 heteroatoms. The summed E-state index contributed by atoms with van der Waals surface area (Å²) in [5.74, 6) is -0.946. The van der Waals surface area contributed by atoms with E-state index < -0.39 is 17.6 Å². The number of hydrogen-bond acceptors (Lipinski definition) is 5. The molecule has 0 saturated heterocycles. The maximum Gasteiger partial charge on any atom is 0.416 e. The summed E-state index contributed by atoms with van der Waals surface area (Å²) in [6, 6.07) is 8.91. The van der Waals surface area contributed by atoms with E-state index >= 15 is 0 Å². The van der Waals surface area contributed by atoms with Crippen LogP contribution in [0.3, 0.4) is 0 Å². The van der Waals surface area contributed by atoms with E-state index in [9.17, 15) is 28.2 Å². The summed E-state index contributed by atoms with van der Waals surface area (Å²) in [5, 5.41) is 29.1. The van der Waals surface area contributed by atoms with E-state index in [4.69, 9.17) is 0 Å². The van der Waals surface area contributed by atoms with Gasteiger partial charge >= 0.3 is 6.18 Å². The van der Waals surface area contributed by atoms with Crippen LogP contribution in [0.1, 0.15) is 22.4 Å². The zero-order valence-corrected chi connectivity index (χ0v) is 15.5. The molecule has 1 aromatic heterocycles. The highest BCUT2D eigenvalue weighted by atomic mass is 19.4. The van der Waals surface area contributed by atoms with Crippen LogP contribution in [0.25, 0.3) is 6.08 Å². The van der Waals surface area contributed by atoms with E-state index in [-0.39, 0.29) is 24.6 Å². The molecule has 3 aromatic rings. The van der Waals surface area contributed by atoms with Gasteiger partial charge in [0.25, 0.3) is 0 Å². The monoisotopic (exact) mass is 418 g/mol. The van der Waals surface area contributed by atoms with Crippen molar-refractivity contribution >= 4 is 12.0 Å². The quantitative estimate of drug-likeness (QED) is 0.422. The van der Waals surface area contributed by atoms with Crippen molar-refractivity contribution in [2.75, 3.05) is 0 Å². The Hall–Kier alpha value is -3.82. The first-order chi connectivity index (χ1) is 14.2. The van der Waals surface area contributed by atoms with Crippen LogP contribution in [0.2, 0.25) is 0 Å². The van der Waals surface area contributed by atoms with E-state index in [0.717, 1.165) is 12.1 Å². The van der Waals surface area contributed by atoms with Gasteiger partial charge in [0.2, 0.25) is 5.91 Å². The summed E-state index contributed by atoms with van der Waals surface area (Å²) >= 11 is 0. The lowest BCUT2D eigenvalue weighted by molar-refractivity contribution is -0.137. The number of rotatable bonds is 6. The van der Waals surface area contributed by atoms with Crippen LogP contribution in [0.5, 0.6) is 11.5 Å². The van der Waals surface area contributed by atoms with Crippen molar-refractivity contribution in [1.82, 2.24) is 20.3 Å². The molecule has 3 N–H and O–H groups in total. The third-order valence-corrected chi connectivity index (χ3v) is 4.08. The third kappa shape index (κ3) is 5.60. The highest BCUT2D eigenvalue weighted by Crippen LogP contribution is 2.29. The van der Waals surface area contributed by atoms with Crippen molar-refractivity contribution in [1.29, 1.82) is 0 Å². The predicted octanol–water partition coefficient (Wildman–Crippen LogP) is 3.09. The Morgan fingerprint density at radius 1 is 1.10 bits per heavy atom. The van der Waals surface area contributed by atoms with E-state index in [1.807, 2.05) is 0 Å². The number of amides is 1. The second-order valence-electron chi connectivity index (χ2n) is 6.40. The molecule has 0 fully saturated rings. The minimum Gasteiger partial charge on any atom is -0.504 e. The lowest BCUT2D eigenvalue weighted by Crippen LogP contribution is -2.20. The molecule has 1 heterocycles. The summed E-state index contributed by atoms with van der Waals surface area (Å²) in [7, 11) is 0. The van der Waals surface area contributed by atoms with Crippen LogP contribution < -0.4 is 5.32 Å². The van der Waals surface area contributed by atoms with Crippen LogP contribution >= 0.6 is 0 Å². The predicted molar refractivity (Wildman–Crippen MR) is 101 cm³/mol. The van der Waals surface area contributed by atoms with Crippen LogP contribution in [-0.2, 0) is 24.1 Å². The molecule has 2 aromatic carbocycles. The van der Waals surface area contributed by atoms with Gasteiger partial charge in [-0.2, -0.15) is 13.2 Å². The fraction of sp³-hybridized carbons (Fsp3) is 0.150. The van der Waals surface area contributed by atoms with Gasteiger partial charge in [-0.25, -0.2) is 4.68 Å². The standard InChI is InChI=1S/C20H17F3N4O3/c21-20(22,23)15-5-1-14(2-6-15)11-27-12-16(25-26-27)10-24-19(30)8-4-13-3-7-17(28)18(29)9-13/h1-9,12,28-29H,10-11H2,(H,24,30)/b8-4+. The fourth-order valence-electron chi connectivity index (χ4n) is 2.54. The van der Waals surface area contributed by atoms with Gasteiger partial charge in [0.05, 0.1) is 24.8 Å². The highest BCUT2D eigenvalue weighted by Gasteiger charge is 2.29. The molecule has 0 spiro atoms. The first-order valence-corrected chi connectivity index (χ1v) is 8.74. The normalized spacial score (nSPS) is 11.7. The Labute approximate surface area is 169 Å². The van der Waals surface area contributed by atoms with Crippen molar-refractivity contribution < 1.29 is 28.2 Å². The number of aromatic nitrogens is 3. The number of carbonyl (C=O) groups excluding carboxylic acids is 1. The highest BCUT2D eigenvalue weighted by molar-refractivity contribution is 5.91. The maximum atomic E-state index is 12.6. The number of phenolic OH excluding ortho intramolecular Hbond substituents is 2. The molecule has 1 amide bonds. The Bertz CT molecular complexity index is 1060. The number of aromatic hydroxyl groups is 2. The summed E-state index contributed by atoms with van der Waals surface area (Å²) in [5.41, 5.74) is 0.918. The van der Waals surface area contributed by atoms with Crippen LogP contribution in [0.15, 0.2) is 54.7 Å². The molecule has 0 bridgehead atoms. The lowest BCUT2D eigenvalue weighted by atomic mass is 10.1. The number of hydrogen-bond donors (Lipinski definition) is 3. The fourth-order valence-corrected chi connectivity index (χ4v) is 2.54. The third-order valence-electron chi connectivity index (χ3n) is 4.08. The average molecular weight is 418 g/mol. The second-order valence-corrected chi connectivity index (χ2v) is 6.40. The molecule has 0 aliphatic heterocycles. The van der Waals surface area contributed by atoms with E-state index in [1.54, 1.807) is 6.20 Å². The SMILES string of the molecule is O=C(/C=C/c1ccc(O)c(O)c1)NCc1cn(Cc2ccc(C(F)(F)F)cc2)nn1. The minimum absolute atomic E-state index is 0.108. The number of nitrogens with zero attached hydrogens (tertiary/aromatic N) is 3. The van der Waals surface area contributed by atoms with Gasteiger partial charge in [0, 0.05) is 6.08 Å². The molecule has 7 nitrogen and oxygen atoms in total. The smallest absolute Gasteiger partial charge is 0.416 e. The van der Waals surface area contributed by atoms with E-state index in [2.05, 4.69) is 15.6 Å². The molecule has 30 heavy (non-hydrogen) atoms. The Balaban J connectivity index is 1.52. The topological polar surface area (TPSA) is 100 Å². The van der Waals surface area contributed by atoms with Gasteiger partial charge in [-0.15, -0.1) is 5.10 Å². The molecule has 0 saturated carbocycles. The average Bonchev–Trinajstić information content (AvgIpc) is 3.14. The summed E-state index contributed by atoms with van der Waals surface area (Å²) in [6.07, 6.45) is -0.0671. The molecule has 0 unspecified atom stereocenters. The van der Waals surface area contributed by atoms with Crippen LogP contribution in [0.4, 0.5) is 13.2 Å². The first-order valence-electron chi connectivity index (χ1n) is 8.74. The van der Waals surface area contributed by atoms with Crippen molar-refractivity contribution in [3.8, 4) is 11.5 Å². The van der Waals surface area contributed by atoms with Gasteiger partial charge in [-0.1, -0.05) is 23.4 Å². The zero-order valence-electron chi connectivity index (χ0n) is 15.5. The molecule has 0 radical (unpaired) electrons. The molecule has 0 atom stereocenters. The molecule has 156 valence electrons. The number of nitrogens with one attached hydrogen (secondary N) is 1. The van der Waals surface area contributed by atoms with Crippen molar-refractivity contribution in [3.05, 3.63) is 77.1 Å². The molecule has 0 aliphatic rings. The number of halogens is 3. The zero-order chi connectivity index (χ0) is 21.7. The van der Waals surface area contributed by atoms with Crippen molar-refractivity contribution in [3.63, 3.8) is 0 Å². The molecular weight excluding hydrogens is 401 g/mol. The van der Waals surface area contributed by atoms with E-state index in [1.165, 1.54) is 47.2 Å². The number of benzene rings is 2. The van der Waals surface area contributed by atoms with Crippen LogP contribution in [-0.4, -0.2) is 31.1 Å². The molecule has 0 aliphatic carbocycles. The largest absolute Gasteiger partial charge is 0.504 e. The van der Waals surface area contributed by atoms with Gasteiger partial charge in [-0.3, -0.25) is 4.79 Å². The summed E-state index contributed by atoms with van der Waals surface area (Å²) < 4.78 is 39.2. The number of phenols is 2. The Morgan fingerprint density at radius 3 is 2.50 bits per heavy atom. The van der Waals surface area contributed by atoms with Crippen molar-refractivity contribution in [2.24, 2.45) is 0 Å². The van der Waals surface area contributed by atoms with E-state index in [0.29, 0.717) is 16.8 Å². The Morgan fingerprint density at radius 2 is 1.83 bits per heavy atom. The van der Waals surface area contributed by atoms with Gasteiger partial charge in [-0.05, 0) is 41.5 Å². The number of alkyl halides is 3. The summed E-state index contributed by atoms with van der Waals surface area (Å²) in [4.78, 5) is 11.9. The second kappa shape index (κ2) is 8.68. The maximum absolute atomic E-state index is 12.6. The minimum atomic E-state index is -4.38. The lowest BCUT2D eigenvalue weighted by Gasteiger charge is -2.07. The first kappa shape index (κ1) is 20.9. The van der Waals surface area contributed by atoms with Gasteiger partial charge in [0.15, 0.2) is 11.5 Å². The van der Waals surface area contributed by atoms with Crippen LogP contribution in [0, 0.1) is 0 Å². The van der Waals surface area contributed by atoms with Gasteiger partial charge < -0.3 is 15.5 Å².